The molecule has 2 saturated heterocycles. The molecular weight excluding hydrogens is 499 g/mol. The van der Waals surface area contributed by atoms with Crippen LogP contribution in [0, 0.1) is 19.3 Å². The molecule has 1 N–H and O–H groups in total. The number of thiocarbonyl (C=S) groups is 1. The van der Waals surface area contributed by atoms with Crippen LogP contribution in [0.5, 0.6) is 0 Å². The number of rotatable bonds is 4. The second-order valence-corrected chi connectivity index (χ2v) is 10.0. The summed E-state index contributed by atoms with van der Waals surface area (Å²) in [5, 5.41) is 3.79. The van der Waals surface area contributed by atoms with E-state index in [1.807, 2.05) is 36.9 Å². The minimum atomic E-state index is -6.14. The van der Waals surface area contributed by atoms with Crippen molar-refractivity contribution >= 4 is 28.9 Å². The lowest BCUT2D eigenvalue weighted by atomic mass is 9.78. The molecule has 3 rings (SSSR count). The first kappa shape index (κ1) is 27.5. The number of halogens is 7. The van der Waals surface area contributed by atoms with Crippen LogP contribution in [0.25, 0.3) is 0 Å². The predicted octanol–water partition coefficient (Wildman–Crippen LogP) is 5.93. The molecule has 1 aromatic carbocycles. The van der Waals surface area contributed by atoms with Gasteiger partial charge in [-0.15, -0.1) is 0 Å². The molecule has 0 radical (unpaired) electrons. The van der Waals surface area contributed by atoms with E-state index in [0.717, 1.165) is 16.8 Å². The Morgan fingerprint density at radius 1 is 0.914 bits per heavy atom. The number of anilines is 1. The molecule has 12 heteroatoms. The maximum absolute atomic E-state index is 13.9. The van der Waals surface area contributed by atoms with Crippen molar-refractivity contribution in [3.63, 3.8) is 0 Å². The summed E-state index contributed by atoms with van der Waals surface area (Å²) in [5.74, 6) is -0.896. The Morgan fingerprint density at radius 3 is 1.89 bits per heavy atom. The molecule has 2 fully saturated rings. The summed E-state index contributed by atoms with van der Waals surface area (Å²) in [6.45, 7) is 5.64. The number of hydrogen-bond acceptors (Lipinski definition) is 2. The highest BCUT2D eigenvalue weighted by Gasteiger charge is 2.72. The Bertz CT molecular complexity index is 921. The molecule has 4 nitrogen and oxygen atoms in total. The Balaban J connectivity index is 1.53. The summed E-state index contributed by atoms with van der Waals surface area (Å²) in [4.78, 5) is 15.7. The average Bonchev–Trinajstić information content (AvgIpc) is 3.13. The molecule has 0 bridgehead atoms. The van der Waals surface area contributed by atoms with Gasteiger partial charge in [-0.05, 0) is 74.0 Å². The fourth-order valence-electron chi connectivity index (χ4n) is 4.87. The number of likely N-dealkylation sites (tertiary alicyclic amines) is 2. The maximum atomic E-state index is 13.9. The van der Waals surface area contributed by atoms with Crippen molar-refractivity contribution in [3.05, 3.63) is 29.3 Å². The monoisotopic (exact) mass is 527 g/mol. The molecule has 0 aromatic heterocycles. The lowest BCUT2D eigenvalue weighted by Gasteiger charge is -2.40. The molecule has 1 aromatic rings. The Morgan fingerprint density at radius 2 is 1.40 bits per heavy atom. The molecule has 2 heterocycles. The van der Waals surface area contributed by atoms with Gasteiger partial charge in [-0.1, -0.05) is 6.07 Å². The molecule has 1 spiro atoms. The van der Waals surface area contributed by atoms with E-state index in [1.165, 1.54) is 4.90 Å². The quantitative estimate of drug-likeness (QED) is 0.389. The third kappa shape index (κ3) is 6.00. The smallest absolute Gasteiger partial charge is 0.349 e. The van der Waals surface area contributed by atoms with E-state index in [1.54, 1.807) is 0 Å². The Kier molecular flexibility index (Phi) is 7.65. The summed E-state index contributed by atoms with van der Waals surface area (Å²) in [5.41, 5.74) is -2.61. The van der Waals surface area contributed by atoms with E-state index in [0.29, 0.717) is 37.5 Å². The van der Waals surface area contributed by atoms with Crippen molar-refractivity contribution < 1.29 is 35.5 Å². The number of alkyl halides is 7. The lowest BCUT2D eigenvalue weighted by molar-refractivity contribution is -0.343. The van der Waals surface area contributed by atoms with E-state index >= 15 is 0 Å². The van der Waals surface area contributed by atoms with Crippen LogP contribution >= 0.6 is 12.2 Å². The van der Waals surface area contributed by atoms with Crippen molar-refractivity contribution in [1.82, 2.24) is 9.80 Å². The van der Waals surface area contributed by atoms with E-state index < -0.39 is 36.8 Å². The summed E-state index contributed by atoms with van der Waals surface area (Å²) in [7, 11) is 0. The molecule has 0 aliphatic carbocycles. The third-order valence-corrected chi connectivity index (χ3v) is 7.32. The first-order chi connectivity index (χ1) is 16.1. The van der Waals surface area contributed by atoms with Gasteiger partial charge in [0.05, 0.1) is 0 Å². The van der Waals surface area contributed by atoms with Gasteiger partial charge in [0.25, 0.3) is 5.67 Å². The molecule has 2 aliphatic rings. The summed E-state index contributed by atoms with van der Waals surface area (Å²) in [6.07, 6.45) is -13.5. The van der Waals surface area contributed by atoms with Crippen LogP contribution in [0.4, 0.5) is 36.4 Å². The molecule has 1 amide bonds. The van der Waals surface area contributed by atoms with Gasteiger partial charge in [0.15, 0.2) is 5.11 Å². The zero-order valence-electron chi connectivity index (χ0n) is 19.5. The largest absolute Gasteiger partial charge is 0.431 e. The van der Waals surface area contributed by atoms with Gasteiger partial charge in [0.1, 0.15) is 0 Å². The number of nitrogens with zero attached hydrogens (tertiary/aromatic N) is 2. The van der Waals surface area contributed by atoms with Crippen molar-refractivity contribution in [2.75, 3.05) is 31.5 Å². The number of nitrogens with one attached hydrogen (secondary N) is 1. The molecule has 196 valence electrons. The minimum absolute atomic E-state index is 0.224. The zero-order chi connectivity index (χ0) is 26.2. The van der Waals surface area contributed by atoms with Crippen molar-refractivity contribution in [2.24, 2.45) is 5.41 Å². The zero-order valence-corrected chi connectivity index (χ0v) is 20.3. The normalized spacial score (nSPS) is 18.8. The predicted molar refractivity (Wildman–Crippen MR) is 122 cm³/mol. The highest BCUT2D eigenvalue weighted by Crippen LogP contribution is 2.49. The van der Waals surface area contributed by atoms with E-state index in [-0.39, 0.29) is 18.5 Å². The first-order valence-corrected chi connectivity index (χ1v) is 11.7. The summed E-state index contributed by atoms with van der Waals surface area (Å²) in [6, 6.07) is 6.01. The SMILES string of the molecule is Cc1cc(C)cc(NC(=S)N2CCC3(CCN(C(=O)CCC(F)(C(F)(F)F)C(F)(F)F)C3)CC2)c1. The molecular formula is C23H28F7N3OS. The van der Waals surface area contributed by atoms with Crippen LogP contribution in [0.3, 0.4) is 0 Å². The third-order valence-electron chi connectivity index (χ3n) is 6.96. The first-order valence-electron chi connectivity index (χ1n) is 11.3. The molecule has 0 atom stereocenters. The Hall–Kier alpha value is -2.11. The van der Waals surface area contributed by atoms with Crippen molar-refractivity contribution in [3.8, 4) is 0 Å². The second-order valence-electron chi connectivity index (χ2n) is 9.66. The second kappa shape index (κ2) is 9.74. The average molecular weight is 528 g/mol. The summed E-state index contributed by atoms with van der Waals surface area (Å²) < 4.78 is 90.4. The number of piperidine rings is 1. The van der Waals surface area contributed by atoms with Crippen LogP contribution in [0.2, 0.25) is 0 Å². The van der Waals surface area contributed by atoms with Gasteiger partial charge < -0.3 is 15.1 Å². The van der Waals surface area contributed by atoms with Gasteiger partial charge in [-0.2, -0.15) is 26.3 Å². The summed E-state index contributed by atoms with van der Waals surface area (Å²) >= 11 is 5.53. The standard InChI is InChI=1S/C23H28F7N3OS/c1-15-11-16(2)13-17(12-15)31-19(35)32-8-5-20(6-9-32)7-10-33(14-20)18(34)3-4-21(24,22(25,26)27)23(28,29)30/h11-13H,3-10,14H2,1-2H3,(H,31,35). The van der Waals surface area contributed by atoms with Gasteiger partial charge in [0, 0.05) is 44.7 Å². The molecule has 2 aliphatic heterocycles. The number of amides is 1. The van der Waals surface area contributed by atoms with Crippen LogP contribution in [-0.4, -0.2) is 65.0 Å². The van der Waals surface area contributed by atoms with Crippen molar-refractivity contribution in [1.29, 1.82) is 0 Å². The number of benzene rings is 1. The highest BCUT2D eigenvalue weighted by molar-refractivity contribution is 7.80. The van der Waals surface area contributed by atoms with Gasteiger partial charge in [0.2, 0.25) is 5.91 Å². The van der Waals surface area contributed by atoms with Crippen LogP contribution in [0.1, 0.15) is 43.2 Å². The lowest BCUT2D eigenvalue weighted by Crippen LogP contribution is -2.53. The number of carbonyl (C=O) groups excluding carboxylic acids is 1. The van der Waals surface area contributed by atoms with Crippen molar-refractivity contribution in [2.45, 2.75) is 64.0 Å². The Labute approximate surface area is 204 Å². The molecule has 0 saturated carbocycles. The van der Waals surface area contributed by atoms with E-state index in [4.69, 9.17) is 12.2 Å². The molecule has 0 unspecified atom stereocenters. The highest BCUT2D eigenvalue weighted by atomic mass is 32.1. The van der Waals surface area contributed by atoms with Crippen LogP contribution in [-0.2, 0) is 4.79 Å². The van der Waals surface area contributed by atoms with E-state index in [2.05, 4.69) is 5.32 Å². The minimum Gasteiger partial charge on any atom is -0.349 e. The van der Waals surface area contributed by atoms with Gasteiger partial charge in [-0.25, -0.2) is 4.39 Å². The van der Waals surface area contributed by atoms with Crippen LogP contribution < -0.4 is 5.32 Å². The maximum Gasteiger partial charge on any atom is 0.431 e. The topological polar surface area (TPSA) is 35.6 Å². The van der Waals surface area contributed by atoms with Gasteiger partial charge in [-0.3, -0.25) is 4.79 Å². The number of aryl methyl sites for hydroxylation is 2. The van der Waals surface area contributed by atoms with Crippen LogP contribution in [0.15, 0.2) is 18.2 Å². The number of carbonyl (C=O) groups is 1. The fraction of sp³-hybridized carbons (Fsp3) is 0.652. The number of hydrogen-bond donors (Lipinski definition) is 1. The van der Waals surface area contributed by atoms with Gasteiger partial charge >= 0.3 is 12.4 Å². The molecule has 35 heavy (non-hydrogen) atoms. The van der Waals surface area contributed by atoms with E-state index in [9.17, 15) is 35.5 Å². The fourth-order valence-corrected chi connectivity index (χ4v) is 5.17.